The molecule has 2 N–H and O–H groups in total. The Labute approximate surface area is 202 Å². The maximum absolute atomic E-state index is 12.3. The molecule has 33 heavy (non-hydrogen) atoms. The van der Waals surface area contributed by atoms with E-state index in [1.165, 1.54) is 83.5 Å². The molecule has 1 rings (SSSR count). The largest absolute Gasteiger partial charge is 0.496 e. The molecule has 0 aliphatic heterocycles. The van der Waals surface area contributed by atoms with E-state index in [1.807, 2.05) is 0 Å². The van der Waals surface area contributed by atoms with E-state index in [4.69, 9.17) is 14.2 Å². The van der Waals surface area contributed by atoms with Gasteiger partial charge in [0.2, 0.25) is 0 Å². The molecular weight excluding hydrogens is 416 g/mol. The molecule has 0 bridgehead atoms. The van der Waals surface area contributed by atoms with Crippen LogP contribution in [0.3, 0.4) is 0 Å². The van der Waals surface area contributed by atoms with Crippen molar-refractivity contribution in [3.05, 3.63) is 12.1 Å². The molecule has 0 unspecified atom stereocenters. The van der Waals surface area contributed by atoms with Gasteiger partial charge in [-0.05, 0) is 6.42 Å². The first-order chi connectivity index (χ1) is 16.2. The molecule has 0 atom stereocenters. The lowest BCUT2D eigenvalue weighted by molar-refractivity contribution is 0.251. The number of rotatable bonds is 20. The normalized spacial score (nSPS) is 10.7. The van der Waals surface area contributed by atoms with Crippen LogP contribution in [0.25, 0.3) is 0 Å². The summed E-state index contributed by atoms with van der Waals surface area (Å²) >= 11 is 0. The van der Waals surface area contributed by atoms with E-state index in [0.29, 0.717) is 29.5 Å². The number of methoxy groups -OCH3 is 3. The van der Waals surface area contributed by atoms with Crippen molar-refractivity contribution >= 4 is 11.7 Å². The van der Waals surface area contributed by atoms with Gasteiger partial charge in [0.25, 0.3) is 0 Å². The van der Waals surface area contributed by atoms with E-state index in [0.717, 1.165) is 12.8 Å². The number of anilines is 1. The highest BCUT2D eigenvalue weighted by atomic mass is 16.5. The Balaban J connectivity index is 2.05. The fraction of sp³-hybridized carbons (Fsp3) is 0.741. The minimum atomic E-state index is -0.262. The van der Waals surface area contributed by atoms with Crippen LogP contribution in [-0.4, -0.2) is 33.9 Å². The Morgan fingerprint density at radius 1 is 0.667 bits per heavy atom. The van der Waals surface area contributed by atoms with E-state index in [-0.39, 0.29) is 6.03 Å². The van der Waals surface area contributed by atoms with Crippen molar-refractivity contribution in [3.63, 3.8) is 0 Å². The van der Waals surface area contributed by atoms with Crippen molar-refractivity contribution in [2.24, 2.45) is 0 Å². The smallest absolute Gasteiger partial charge is 0.319 e. The van der Waals surface area contributed by atoms with Crippen LogP contribution < -0.4 is 24.8 Å². The van der Waals surface area contributed by atoms with E-state index >= 15 is 0 Å². The van der Waals surface area contributed by atoms with Crippen LogP contribution >= 0.6 is 0 Å². The Hall–Kier alpha value is -2.11. The summed E-state index contributed by atoms with van der Waals surface area (Å²) < 4.78 is 16.0. The number of unbranched alkanes of at least 4 members (excludes halogenated alkanes) is 14. The number of hydrogen-bond donors (Lipinski definition) is 2. The zero-order valence-electron chi connectivity index (χ0n) is 21.6. The Morgan fingerprint density at radius 3 is 1.48 bits per heavy atom. The second-order valence-electron chi connectivity index (χ2n) is 8.74. The van der Waals surface area contributed by atoms with Crippen molar-refractivity contribution in [1.29, 1.82) is 0 Å². The van der Waals surface area contributed by atoms with Gasteiger partial charge in [-0.1, -0.05) is 96.8 Å². The number of urea groups is 1. The van der Waals surface area contributed by atoms with Crippen LogP contribution in [0.2, 0.25) is 0 Å². The average Bonchev–Trinajstić information content (AvgIpc) is 2.83. The second-order valence-corrected chi connectivity index (χ2v) is 8.74. The zero-order valence-corrected chi connectivity index (χ0v) is 21.6. The predicted molar refractivity (Wildman–Crippen MR) is 138 cm³/mol. The van der Waals surface area contributed by atoms with Crippen molar-refractivity contribution in [2.45, 2.75) is 103 Å². The topological polar surface area (TPSA) is 68.8 Å². The number of hydrogen-bond acceptors (Lipinski definition) is 4. The molecule has 0 saturated carbocycles. The maximum atomic E-state index is 12.3. The monoisotopic (exact) mass is 464 g/mol. The third kappa shape index (κ3) is 13.2. The average molecular weight is 465 g/mol. The number of carbonyl (C=O) groups is 1. The van der Waals surface area contributed by atoms with Crippen LogP contribution in [0, 0.1) is 0 Å². The van der Waals surface area contributed by atoms with Gasteiger partial charge in [-0.2, -0.15) is 0 Å². The summed E-state index contributed by atoms with van der Waals surface area (Å²) in [6, 6.07) is 3.17. The molecule has 6 nitrogen and oxygen atoms in total. The molecule has 0 aliphatic carbocycles. The minimum absolute atomic E-state index is 0.262. The number of nitrogens with one attached hydrogen (secondary N) is 2. The molecule has 0 radical (unpaired) electrons. The molecule has 0 aromatic heterocycles. The third-order valence-corrected chi connectivity index (χ3v) is 6.02. The quantitative estimate of drug-likeness (QED) is 0.194. The number of ether oxygens (including phenoxy) is 3. The van der Waals surface area contributed by atoms with Crippen molar-refractivity contribution < 1.29 is 19.0 Å². The first-order valence-electron chi connectivity index (χ1n) is 13.0. The highest BCUT2D eigenvalue weighted by Crippen LogP contribution is 2.38. The van der Waals surface area contributed by atoms with Crippen molar-refractivity contribution in [1.82, 2.24) is 5.32 Å². The molecule has 0 fully saturated rings. The van der Waals surface area contributed by atoms with Crippen molar-refractivity contribution in [2.75, 3.05) is 33.2 Å². The minimum Gasteiger partial charge on any atom is -0.496 e. The fourth-order valence-corrected chi connectivity index (χ4v) is 3.98. The lowest BCUT2D eigenvalue weighted by atomic mass is 10.0. The van der Waals surface area contributed by atoms with Gasteiger partial charge in [0.15, 0.2) is 0 Å². The number of amides is 2. The van der Waals surface area contributed by atoms with Gasteiger partial charge < -0.3 is 24.8 Å². The van der Waals surface area contributed by atoms with Gasteiger partial charge >= 0.3 is 6.03 Å². The third-order valence-electron chi connectivity index (χ3n) is 6.02. The van der Waals surface area contributed by atoms with Gasteiger partial charge in [0.05, 0.1) is 21.3 Å². The van der Waals surface area contributed by atoms with E-state index in [9.17, 15) is 4.79 Å². The fourth-order valence-electron chi connectivity index (χ4n) is 3.98. The highest BCUT2D eigenvalue weighted by Gasteiger charge is 2.15. The highest BCUT2D eigenvalue weighted by molar-refractivity contribution is 5.93. The van der Waals surface area contributed by atoms with Gasteiger partial charge in [0, 0.05) is 18.7 Å². The summed E-state index contributed by atoms with van der Waals surface area (Å²) in [7, 11) is 4.67. The number of carbonyl (C=O) groups excluding carboxylic acids is 1. The van der Waals surface area contributed by atoms with Crippen LogP contribution in [0.5, 0.6) is 17.2 Å². The molecule has 190 valence electrons. The molecule has 0 spiro atoms. The Morgan fingerprint density at radius 2 is 1.09 bits per heavy atom. The zero-order chi connectivity index (χ0) is 24.2. The Bertz CT molecular complexity index is 612. The van der Waals surface area contributed by atoms with Gasteiger partial charge in [-0.15, -0.1) is 0 Å². The molecule has 1 aromatic carbocycles. The van der Waals surface area contributed by atoms with E-state index in [1.54, 1.807) is 33.5 Å². The molecule has 0 heterocycles. The van der Waals surface area contributed by atoms with Gasteiger partial charge in [0.1, 0.15) is 22.9 Å². The lowest BCUT2D eigenvalue weighted by Crippen LogP contribution is -2.29. The van der Waals surface area contributed by atoms with Crippen LogP contribution in [0.4, 0.5) is 10.5 Å². The first-order valence-corrected chi connectivity index (χ1v) is 13.0. The summed E-state index contributed by atoms with van der Waals surface area (Å²) in [6.45, 7) is 2.93. The van der Waals surface area contributed by atoms with Crippen LogP contribution in [0.15, 0.2) is 12.1 Å². The maximum Gasteiger partial charge on any atom is 0.319 e. The van der Waals surface area contributed by atoms with Gasteiger partial charge in [-0.3, -0.25) is 0 Å². The second kappa shape index (κ2) is 19.4. The van der Waals surface area contributed by atoms with Crippen molar-refractivity contribution in [3.8, 4) is 17.2 Å². The van der Waals surface area contributed by atoms with Crippen LogP contribution in [-0.2, 0) is 0 Å². The summed E-state index contributed by atoms with van der Waals surface area (Å²) in [4.78, 5) is 12.3. The lowest BCUT2D eigenvalue weighted by Gasteiger charge is -2.16. The SMILES string of the molecule is CCCCCCCCCCCCCCCCCNC(=O)Nc1c(OC)cc(OC)cc1OC. The first kappa shape index (κ1) is 28.9. The van der Waals surface area contributed by atoms with Crippen LogP contribution in [0.1, 0.15) is 103 Å². The van der Waals surface area contributed by atoms with E-state index in [2.05, 4.69) is 17.6 Å². The molecule has 0 saturated heterocycles. The summed E-state index contributed by atoms with van der Waals surface area (Å²) in [5.74, 6) is 1.59. The predicted octanol–water partition coefficient (Wildman–Crippen LogP) is 7.71. The standard InChI is InChI=1S/C27H48N2O4/c1-5-6-7-8-9-10-11-12-13-14-15-16-17-18-19-20-28-27(30)29-26-24(32-3)21-23(31-2)22-25(26)33-4/h21-22H,5-20H2,1-4H3,(H2,28,29,30). The van der Waals surface area contributed by atoms with E-state index < -0.39 is 0 Å². The van der Waals surface area contributed by atoms with Gasteiger partial charge in [-0.25, -0.2) is 4.79 Å². The summed E-state index contributed by atoms with van der Waals surface area (Å²) in [6.07, 6.45) is 20.0. The molecule has 2 amide bonds. The summed E-state index contributed by atoms with van der Waals surface area (Å²) in [5.41, 5.74) is 0.495. The Kier molecular flexibility index (Phi) is 17.0. The molecular formula is C27H48N2O4. The molecule has 1 aromatic rings. The molecule has 0 aliphatic rings. The summed E-state index contributed by atoms with van der Waals surface area (Å²) in [5, 5.41) is 5.75. The number of benzene rings is 1. The molecule has 6 heteroatoms.